The molecular weight excluding hydrogens is 344 g/mol. The maximum atomic E-state index is 12.3. The van der Waals surface area contributed by atoms with E-state index in [1.54, 1.807) is 0 Å². The molecule has 1 unspecified atom stereocenters. The highest BCUT2D eigenvalue weighted by atomic mass is 32.2. The van der Waals surface area contributed by atoms with E-state index in [1.807, 2.05) is 49.4 Å². The summed E-state index contributed by atoms with van der Waals surface area (Å²) in [5.41, 5.74) is 1.11. The third kappa shape index (κ3) is 5.73. The molecule has 2 aromatic rings. The van der Waals surface area contributed by atoms with Crippen molar-refractivity contribution in [2.24, 2.45) is 5.92 Å². The molecule has 1 heterocycles. The molecule has 3 rings (SSSR count). The van der Waals surface area contributed by atoms with Crippen molar-refractivity contribution in [3.05, 3.63) is 41.7 Å². The number of nitrogens with one attached hydrogen (secondary N) is 2. The van der Waals surface area contributed by atoms with E-state index < -0.39 is 0 Å². The van der Waals surface area contributed by atoms with E-state index in [-0.39, 0.29) is 11.2 Å². The number of aromatic amines is 1. The molecule has 0 aliphatic heterocycles. The molecule has 1 aliphatic rings. The van der Waals surface area contributed by atoms with Crippen molar-refractivity contribution >= 4 is 29.8 Å². The van der Waals surface area contributed by atoms with Crippen LogP contribution < -0.4 is 5.32 Å². The summed E-state index contributed by atoms with van der Waals surface area (Å²) in [7, 11) is 0. The monoisotopic (exact) mass is 370 g/mol. The highest BCUT2D eigenvalue weighted by Crippen LogP contribution is 2.23. The van der Waals surface area contributed by atoms with Gasteiger partial charge in [-0.1, -0.05) is 67.4 Å². The van der Waals surface area contributed by atoms with Crippen LogP contribution in [-0.4, -0.2) is 32.9 Å². The quantitative estimate of drug-likeness (QED) is 0.718. The van der Waals surface area contributed by atoms with Crippen molar-refractivity contribution in [3.8, 4) is 0 Å². The minimum atomic E-state index is -0.208. The van der Waals surface area contributed by atoms with E-state index in [1.165, 1.54) is 43.9 Å². The summed E-state index contributed by atoms with van der Waals surface area (Å²) in [6.45, 7) is 2.69. The summed E-state index contributed by atoms with van der Waals surface area (Å²) in [6.07, 6.45) is 10.3. The lowest BCUT2D eigenvalue weighted by atomic mass is 9.89. The first kappa shape index (κ1) is 18.7. The summed E-state index contributed by atoms with van der Waals surface area (Å²) in [5, 5.41) is 10.6. The Morgan fingerprint density at radius 3 is 2.81 bits per heavy atom. The molecule has 1 aromatic carbocycles. The van der Waals surface area contributed by atoms with E-state index in [0.29, 0.717) is 16.9 Å². The molecule has 138 valence electrons. The first-order chi connectivity index (χ1) is 12.7. The SMILES string of the molecule is CC(Sc1n[nH]c(/C=C/c2ccccc2)n1)C(=O)NCC1CCCCC1. The maximum Gasteiger partial charge on any atom is 0.233 e. The topological polar surface area (TPSA) is 70.7 Å². The Morgan fingerprint density at radius 1 is 1.27 bits per heavy atom. The molecular formula is C20H26N4OS. The largest absolute Gasteiger partial charge is 0.355 e. The Hall–Kier alpha value is -2.08. The summed E-state index contributed by atoms with van der Waals surface area (Å²) in [4.78, 5) is 16.7. The fourth-order valence-electron chi connectivity index (χ4n) is 3.12. The number of carbonyl (C=O) groups excluding carboxylic acids is 1. The number of nitrogens with zero attached hydrogens (tertiary/aromatic N) is 2. The fraction of sp³-hybridized carbons (Fsp3) is 0.450. The zero-order chi connectivity index (χ0) is 18.2. The number of hydrogen-bond acceptors (Lipinski definition) is 4. The second-order valence-electron chi connectivity index (χ2n) is 6.76. The van der Waals surface area contributed by atoms with Crippen LogP contribution in [0, 0.1) is 5.92 Å². The minimum absolute atomic E-state index is 0.0618. The standard InChI is InChI=1S/C20H26N4OS/c1-15(19(25)21-14-17-10-6-3-7-11-17)26-20-22-18(23-24-20)13-12-16-8-4-2-5-9-16/h2,4-5,8-9,12-13,15,17H,3,6-7,10-11,14H2,1H3,(H,21,25)(H,22,23,24)/b13-12+. The van der Waals surface area contributed by atoms with Crippen molar-refractivity contribution in [2.75, 3.05) is 6.54 Å². The minimum Gasteiger partial charge on any atom is -0.355 e. The molecule has 0 spiro atoms. The number of aromatic nitrogens is 3. The van der Waals surface area contributed by atoms with Gasteiger partial charge in [0.2, 0.25) is 11.1 Å². The van der Waals surface area contributed by atoms with Gasteiger partial charge in [0.15, 0.2) is 0 Å². The number of H-pyrrole nitrogens is 1. The smallest absolute Gasteiger partial charge is 0.233 e. The van der Waals surface area contributed by atoms with Crippen molar-refractivity contribution in [1.82, 2.24) is 20.5 Å². The maximum absolute atomic E-state index is 12.3. The molecule has 0 radical (unpaired) electrons. The van der Waals surface area contributed by atoms with Gasteiger partial charge in [-0.15, -0.1) is 5.10 Å². The molecule has 5 nitrogen and oxygen atoms in total. The van der Waals surface area contributed by atoms with E-state index in [9.17, 15) is 4.79 Å². The average molecular weight is 371 g/mol. The zero-order valence-corrected chi connectivity index (χ0v) is 16.0. The zero-order valence-electron chi connectivity index (χ0n) is 15.1. The van der Waals surface area contributed by atoms with Crippen molar-refractivity contribution in [2.45, 2.75) is 49.4 Å². The summed E-state index contributed by atoms with van der Waals surface area (Å²) < 4.78 is 0. The van der Waals surface area contributed by atoms with Crippen molar-refractivity contribution in [1.29, 1.82) is 0 Å². The number of benzene rings is 1. The van der Waals surface area contributed by atoms with Crippen LogP contribution in [-0.2, 0) is 4.79 Å². The highest BCUT2D eigenvalue weighted by molar-refractivity contribution is 8.00. The molecule has 2 N–H and O–H groups in total. The van der Waals surface area contributed by atoms with Crippen LogP contribution in [0.5, 0.6) is 0 Å². The van der Waals surface area contributed by atoms with Gasteiger partial charge >= 0.3 is 0 Å². The number of thioether (sulfide) groups is 1. The van der Waals surface area contributed by atoms with Gasteiger partial charge in [-0.2, -0.15) is 0 Å². The Kier molecular flexibility index (Phi) is 6.89. The molecule has 6 heteroatoms. The average Bonchev–Trinajstić information content (AvgIpc) is 3.13. The first-order valence-corrected chi connectivity index (χ1v) is 10.2. The first-order valence-electron chi connectivity index (χ1n) is 9.30. The third-order valence-corrected chi connectivity index (χ3v) is 5.62. The molecule has 0 saturated heterocycles. The predicted molar refractivity (Wildman–Crippen MR) is 107 cm³/mol. The molecule has 1 saturated carbocycles. The Balaban J connectivity index is 1.46. The van der Waals surface area contributed by atoms with Crippen LogP contribution in [0.2, 0.25) is 0 Å². The van der Waals surface area contributed by atoms with E-state index in [4.69, 9.17) is 0 Å². The summed E-state index contributed by atoms with van der Waals surface area (Å²) >= 11 is 1.38. The van der Waals surface area contributed by atoms with Crippen molar-refractivity contribution < 1.29 is 4.79 Å². The number of hydrogen-bond donors (Lipinski definition) is 2. The second-order valence-corrected chi connectivity index (χ2v) is 8.06. The van der Waals surface area contributed by atoms with E-state index in [0.717, 1.165) is 12.1 Å². The van der Waals surface area contributed by atoms with Gasteiger partial charge in [0, 0.05) is 6.54 Å². The van der Waals surface area contributed by atoms with Gasteiger partial charge in [0.05, 0.1) is 5.25 Å². The molecule has 1 amide bonds. The van der Waals surface area contributed by atoms with Gasteiger partial charge < -0.3 is 5.32 Å². The van der Waals surface area contributed by atoms with Crippen LogP contribution >= 0.6 is 11.8 Å². The van der Waals surface area contributed by atoms with Gasteiger partial charge in [0.25, 0.3) is 0 Å². The van der Waals surface area contributed by atoms with Gasteiger partial charge in [-0.05, 0) is 37.3 Å². The molecule has 1 aliphatic carbocycles. The Morgan fingerprint density at radius 2 is 2.04 bits per heavy atom. The summed E-state index contributed by atoms with van der Waals surface area (Å²) in [6, 6.07) is 10.0. The fourth-order valence-corrected chi connectivity index (χ4v) is 3.87. The van der Waals surface area contributed by atoms with Crippen LogP contribution in [0.3, 0.4) is 0 Å². The lowest BCUT2D eigenvalue weighted by Gasteiger charge is -2.22. The van der Waals surface area contributed by atoms with Gasteiger partial charge in [-0.3, -0.25) is 9.89 Å². The van der Waals surface area contributed by atoms with Gasteiger partial charge in [-0.25, -0.2) is 4.98 Å². The highest BCUT2D eigenvalue weighted by Gasteiger charge is 2.19. The number of carbonyl (C=O) groups is 1. The number of rotatable bonds is 7. The Bertz CT molecular complexity index is 722. The van der Waals surface area contributed by atoms with Crippen LogP contribution in [0.1, 0.15) is 50.4 Å². The summed E-state index contributed by atoms with van der Waals surface area (Å²) in [5.74, 6) is 1.39. The van der Waals surface area contributed by atoms with Gasteiger partial charge in [0.1, 0.15) is 5.82 Å². The van der Waals surface area contributed by atoms with Crippen molar-refractivity contribution in [3.63, 3.8) is 0 Å². The molecule has 26 heavy (non-hydrogen) atoms. The van der Waals surface area contributed by atoms with E-state index >= 15 is 0 Å². The van der Waals surface area contributed by atoms with Crippen LogP contribution in [0.4, 0.5) is 0 Å². The van der Waals surface area contributed by atoms with Crippen LogP contribution in [0.15, 0.2) is 35.5 Å². The predicted octanol–water partition coefficient (Wildman–Crippen LogP) is 4.15. The normalized spacial score (nSPS) is 16.7. The Labute approximate surface area is 159 Å². The molecule has 1 atom stereocenters. The molecule has 1 aromatic heterocycles. The lowest BCUT2D eigenvalue weighted by Crippen LogP contribution is -2.35. The van der Waals surface area contributed by atoms with Crippen LogP contribution in [0.25, 0.3) is 12.2 Å². The third-order valence-electron chi connectivity index (χ3n) is 4.66. The second kappa shape index (κ2) is 9.57. The lowest BCUT2D eigenvalue weighted by molar-refractivity contribution is -0.120. The molecule has 0 bridgehead atoms. The number of amides is 1. The van der Waals surface area contributed by atoms with E-state index in [2.05, 4.69) is 20.5 Å². The molecule has 1 fully saturated rings.